The maximum absolute atomic E-state index is 13.2. The number of hydrogen-bond donors (Lipinski definition) is 0. The molecule has 0 saturated carbocycles. The van der Waals surface area contributed by atoms with Gasteiger partial charge in [-0.1, -0.05) is 23.9 Å². The number of hydrogen-bond acceptors (Lipinski definition) is 5. The van der Waals surface area contributed by atoms with Crippen LogP contribution in [0.15, 0.2) is 34.2 Å². The Bertz CT molecular complexity index is 1170. The lowest BCUT2D eigenvalue weighted by Gasteiger charge is -2.28. The zero-order valence-corrected chi connectivity index (χ0v) is 19.6. The van der Waals surface area contributed by atoms with Crippen molar-refractivity contribution >= 4 is 39.2 Å². The molecule has 1 atom stereocenters. The summed E-state index contributed by atoms with van der Waals surface area (Å²) in [5.74, 6) is -0.140. The van der Waals surface area contributed by atoms with Gasteiger partial charge in [0.25, 0.3) is 5.56 Å². The van der Waals surface area contributed by atoms with Crippen molar-refractivity contribution in [2.24, 2.45) is 7.05 Å². The van der Waals surface area contributed by atoms with E-state index in [9.17, 15) is 14.0 Å². The molecular formula is C23H26FN3O2S2. The van der Waals surface area contributed by atoms with Crippen molar-refractivity contribution in [1.82, 2.24) is 14.5 Å². The first-order valence-corrected chi connectivity index (χ1v) is 12.4. The predicted molar refractivity (Wildman–Crippen MR) is 124 cm³/mol. The third-order valence-corrected chi connectivity index (χ3v) is 8.16. The van der Waals surface area contributed by atoms with Crippen LogP contribution in [-0.2, 0) is 24.7 Å². The summed E-state index contributed by atoms with van der Waals surface area (Å²) in [7, 11) is 1.73. The molecule has 8 heteroatoms. The summed E-state index contributed by atoms with van der Waals surface area (Å²) < 4.78 is 14.8. The molecule has 1 aliphatic carbocycles. The second kappa shape index (κ2) is 9.12. The molecule has 0 aliphatic heterocycles. The highest BCUT2D eigenvalue weighted by Crippen LogP contribution is 2.34. The van der Waals surface area contributed by atoms with Crippen molar-refractivity contribution in [3.8, 4) is 0 Å². The Kier molecular flexibility index (Phi) is 6.48. The van der Waals surface area contributed by atoms with Gasteiger partial charge >= 0.3 is 0 Å². The summed E-state index contributed by atoms with van der Waals surface area (Å²) in [6.07, 6.45) is 4.25. The molecule has 1 aliphatic rings. The lowest BCUT2D eigenvalue weighted by molar-refractivity contribution is -0.130. The molecule has 1 amide bonds. The fourth-order valence-electron chi connectivity index (χ4n) is 4.19. The average Bonchev–Trinajstić information content (AvgIpc) is 3.14. The SMILES string of the molecule is CCN(C(=O)CSc1nc2sc3c(c2c(=O)n1C)CCCC3)C(C)c1ccc(F)cc1. The Morgan fingerprint density at radius 1 is 1.29 bits per heavy atom. The number of carbonyl (C=O) groups excluding carboxylic acids is 1. The van der Waals surface area contributed by atoms with Gasteiger partial charge in [0.1, 0.15) is 10.6 Å². The Morgan fingerprint density at radius 2 is 2.00 bits per heavy atom. The van der Waals surface area contributed by atoms with Gasteiger partial charge in [0.05, 0.1) is 17.2 Å². The number of benzene rings is 1. The summed E-state index contributed by atoms with van der Waals surface area (Å²) in [6.45, 7) is 4.41. The minimum Gasteiger partial charge on any atom is -0.335 e. The van der Waals surface area contributed by atoms with E-state index in [2.05, 4.69) is 0 Å². The van der Waals surface area contributed by atoms with Crippen LogP contribution in [0.3, 0.4) is 0 Å². The zero-order valence-electron chi connectivity index (χ0n) is 18.0. The number of thiophene rings is 1. The minimum absolute atomic E-state index is 0.0219. The van der Waals surface area contributed by atoms with Crippen LogP contribution in [0.2, 0.25) is 0 Å². The van der Waals surface area contributed by atoms with Gasteiger partial charge in [0.15, 0.2) is 5.16 Å². The summed E-state index contributed by atoms with van der Waals surface area (Å²) in [5, 5.41) is 1.33. The second-order valence-electron chi connectivity index (χ2n) is 7.85. The maximum Gasteiger partial charge on any atom is 0.262 e. The third-order valence-electron chi connectivity index (χ3n) is 5.96. The van der Waals surface area contributed by atoms with E-state index in [4.69, 9.17) is 4.98 Å². The number of amides is 1. The predicted octanol–water partition coefficient (Wildman–Crippen LogP) is 4.71. The van der Waals surface area contributed by atoms with Gasteiger partial charge in [-0.15, -0.1) is 11.3 Å². The van der Waals surface area contributed by atoms with E-state index in [-0.39, 0.29) is 29.1 Å². The molecule has 0 N–H and O–H groups in total. The number of fused-ring (bicyclic) bond motifs is 3. The fourth-order valence-corrected chi connectivity index (χ4v) is 6.35. The fraction of sp³-hybridized carbons (Fsp3) is 0.435. The topological polar surface area (TPSA) is 55.2 Å². The summed E-state index contributed by atoms with van der Waals surface area (Å²) in [6, 6.07) is 6.08. The summed E-state index contributed by atoms with van der Waals surface area (Å²) in [4.78, 5) is 34.6. The first-order chi connectivity index (χ1) is 14.9. The molecule has 1 unspecified atom stereocenters. The van der Waals surface area contributed by atoms with Crippen LogP contribution in [0.5, 0.6) is 0 Å². The Hall–Kier alpha value is -2.19. The van der Waals surface area contributed by atoms with Gasteiger partial charge in [-0.05, 0) is 62.8 Å². The van der Waals surface area contributed by atoms with Crippen molar-refractivity contribution in [2.45, 2.75) is 50.7 Å². The van der Waals surface area contributed by atoms with Crippen molar-refractivity contribution in [3.63, 3.8) is 0 Å². The minimum atomic E-state index is -0.293. The van der Waals surface area contributed by atoms with Crippen molar-refractivity contribution < 1.29 is 9.18 Å². The molecule has 164 valence electrons. The maximum atomic E-state index is 13.2. The standard InChI is InChI=1S/C23H26FN3O2S2/c1-4-27(14(2)15-9-11-16(24)12-10-15)19(28)13-30-23-25-21-20(22(29)26(23)3)17-7-5-6-8-18(17)31-21/h9-12,14H,4-8,13H2,1-3H3. The molecule has 0 saturated heterocycles. The van der Waals surface area contributed by atoms with E-state index in [1.165, 1.54) is 34.3 Å². The summed E-state index contributed by atoms with van der Waals surface area (Å²) >= 11 is 2.92. The van der Waals surface area contributed by atoms with Crippen LogP contribution in [0, 0.1) is 5.82 Å². The Morgan fingerprint density at radius 3 is 2.71 bits per heavy atom. The largest absolute Gasteiger partial charge is 0.335 e. The molecule has 5 nitrogen and oxygen atoms in total. The molecule has 0 bridgehead atoms. The number of rotatable bonds is 6. The van der Waals surface area contributed by atoms with Crippen molar-refractivity contribution in [1.29, 1.82) is 0 Å². The number of aromatic nitrogens is 2. The molecule has 4 rings (SSSR count). The van der Waals surface area contributed by atoms with Gasteiger partial charge in [-0.2, -0.15) is 0 Å². The molecule has 2 aromatic heterocycles. The highest BCUT2D eigenvalue weighted by Gasteiger charge is 2.23. The average molecular weight is 460 g/mol. The molecule has 3 aromatic rings. The highest BCUT2D eigenvalue weighted by atomic mass is 32.2. The van der Waals surface area contributed by atoms with Gasteiger partial charge in [0, 0.05) is 18.5 Å². The number of carbonyl (C=O) groups is 1. The smallest absolute Gasteiger partial charge is 0.262 e. The van der Waals surface area contributed by atoms with Crippen molar-refractivity contribution in [2.75, 3.05) is 12.3 Å². The van der Waals surface area contributed by atoms with Crippen LogP contribution >= 0.6 is 23.1 Å². The molecule has 1 aromatic carbocycles. The molecular weight excluding hydrogens is 433 g/mol. The number of aryl methyl sites for hydroxylation is 2. The first kappa shape index (κ1) is 22.0. The van der Waals surface area contributed by atoms with E-state index < -0.39 is 0 Å². The molecule has 31 heavy (non-hydrogen) atoms. The lowest BCUT2D eigenvalue weighted by atomic mass is 9.97. The quantitative estimate of drug-likeness (QED) is 0.396. The third kappa shape index (κ3) is 4.28. The number of halogens is 1. The van der Waals surface area contributed by atoms with Gasteiger partial charge in [0.2, 0.25) is 5.91 Å². The monoisotopic (exact) mass is 459 g/mol. The molecule has 0 fully saturated rings. The Labute approximate surface area is 189 Å². The first-order valence-electron chi connectivity index (χ1n) is 10.6. The molecule has 0 radical (unpaired) electrons. The van der Waals surface area contributed by atoms with Gasteiger partial charge in [-0.25, -0.2) is 9.37 Å². The van der Waals surface area contributed by atoms with E-state index >= 15 is 0 Å². The normalized spacial score (nSPS) is 14.5. The van der Waals surface area contributed by atoms with Crippen LogP contribution in [0.25, 0.3) is 10.2 Å². The van der Waals surface area contributed by atoms with E-state index in [1.54, 1.807) is 40.0 Å². The van der Waals surface area contributed by atoms with E-state index in [0.29, 0.717) is 11.7 Å². The van der Waals surface area contributed by atoms with E-state index in [1.807, 2.05) is 13.8 Å². The van der Waals surface area contributed by atoms with Gasteiger partial charge < -0.3 is 4.90 Å². The van der Waals surface area contributed by atoms with Gasteiger partial charge in [-0.3, -0.25) is 14.2 Å². The Balaban J connectivity index is 1.53. The molecule has 2 heterocycles. The van der Waals surface area contributed by atoms with Crippen LogP contribution < -0.4 is 5.56 Å². The highest BCUT2D eigenvalue weighted by molar-refractivity contribution is 7.99. The molecule has 0 spiro atoms. The lowest BCUT2D eigenvalue weighted by Crippen LogP contribution is -2.35. The van der Waals surface area contributed by atoms with Crippen LogP contribution in [0.1, 0.15) is 48.7 Å². The number of thioether (sulfide) groups is 1. The zero-order chi connectivity index (χ0) is 22.1. The van der Waals surface area contributed by atoms with Crippen molar-refractivity contribution in [3.05, 3.63) is 56.4 Å². The van der Waals surface area contributed by atoms with Crippen LogP contribution in [0.4, 0.5) is 4.39 Å². The number of nitrogens with zero attached hydrogens (tertiary/aromatic N) is 3. The summed E-state index contributed by atoms with van der Waals surface area (Å²) in [5.41, 5.74) is 2.04. The second-order valence-corrected chi connectivity index (χ2v) is 9.87. The van der Waals surface area contributed by atoms with E-state index in [0.717, 1.165) is 41.5 Å². The van der Waals surface area contributed by atoms with Crippen LogP contribution in [-0.4, -0.2) is 32.7 Å².